The van der Waals surface area contributed by atoms with E-state index in [1.807, 2.05) is 27.7 Å². The highest BCUT2D eigenvalue weighted by Crippen LogP contribution is 2.28. The second-order valence-electron chi connectivity index (χ2n) is 8.92. The monoisotopic (exact) mass is 552 g/mol. The molecule has 0 aromatic rings. The maximum atomic E-state index is 12.1. The Balaban J connectivity index is 0.00000480. The zero-order valence-corrected chi connectivity index (χ0v) is 21.9. The Bertz CT molecular complexity index is 584. The number of rotatable bonds is 9. The summed E-state index contributed by atoms with van der Waals surface area (Å²) >= 11 is 0. The van der Waals surface area contributed by atoms with Crippen LogP contribution in [0.3, 0.4) is 0 Å². The van der Waals surface area contributed by atoms with E-state index in [4.69, 9.17) is 4.74 Å². The lowest BCUT2D eigenvalue weighted by atomic mass is 10.2. The Morgan fingerprint density at radius 1 is 1.03 bits per heavy atom. The highest BCUT2D eigenvalue weighted by molar-refractivity contribution is 14.0. The molecule has 0 atom stereocenters. The number of aliphatic imine (C=N–C) groups is 1. The van der Waals surface area contributed by atoms with Gasteiger partial charge in [0.2, 0.25) is 5.91 Å². The van der Waals surface area contributed by atoms with Crippen LogP contribution >= 0.6 is 24.0 Å². The zero-order valence-electron chi connectivity index (χ0n) is 19.5. The van der Waals surface area contributed by atoms with Gasteiger partial charge >= 0.3 is 6.09 Å². The summed E-state index contributed by atoms with van der Waals surface area (Å²) in [6, 6.07) is 0. The molecule has 0 aromatic carbocycles. The molecule has 9 nitrogen and oxygen atoms in total. The molecule has 0 aromatic heterocycles. The number of carbonyl (C=O) groups is 2. The van der Waals surface area contributed by atoms with Gasteiger partial charge in [0, 0.05) is 64.8 Å². The Hall–Kier alpha value is -1.30. The first-order chi connectivity index (χ1) is 14.3. The molecule has 1 aliphatic heterocycles. The minimum atomic E-state index is -0.451. The predicted octanol–water partition coefficient (Wildman–Crippen LogP) is 1.63. The summed E-state index contributed by atoms with van der Waals surface area (Å²) in [5, 5.41) is 9.45. The lowest BCUT2D eigenvalue weighted by Gasteiger charge is -2.35. The van der Waals surface area contributed by atoms with E-state index < -0.39 is 5.60 Å². The van der Waals surface area contributed by atoms with Crippen molar-refractivity contribution in [3.63, 3.8) is 0 Å². The smallest absolute Gasteiger partial charge is 0.410 e. The SMILES string of the molecule is CCNC(=NCCCN1CCN(C(=O)OC(C)(C)C)CC1)NCCNC(=O)C1CC1.I. The summed E-state index contributed by atoms with van der Waals surface area (Å²) in [5.41, 5.74) is -0.451. The molecule has 10 heteroatoms. The Kier molecular flexibility index (Phi) is 12.5. The van der Waals surface area contributed by atoms with E-state index in [-0.39, 0.29) is 41.9 Å². The lowest BCUT2D eigenvalue weighted by Crippen LogP contribution is -2.50. The first kappa shape index (κ1) is 27.7. The highest BCUT2D eigenvalue weighted by atomic mass is 127. The summed E-state index contributed by atoms with van der Waals surface area (Å²) in [6.07, 6.45) is 2.79. The lowest BCUT2D eigenvalue weighted by molar-refractivity contribution is -0.122. The van der Waals surface area contributed by atoms with E-state index in [1.54, 1.807) is 4.90 Å². The van der Waals surface area contributed by atoms with Crippen LogP contribution in [0.15, 0.2) is 4.99 Å². The standard InChI is InChI=1S/C21H40N6O3.HI/c1-5-22-19(25-11-10-23-18(28)17-7-8-17)24-9-6-12-26-13-15-27(16-14-26)20(29)30-21(2,3)4;/h17H,5-16H2,1-4H3,(H,23,28)(H2,22,24,25);1H. The van der Waals surface area contributed by atoms with Crippen LogP contribution in [-0.2, 0) is 9.53 Å². The fourth-order valence-electron chi connectivity index (χ4n) is 3.16. The first-order valence-electron chi connectivity index (χ1n) is 11.3. The van der Waals surface area contributed by atoms with E-state index >= 15 is 0 Å². The van der Waals surface area contributed by atoms with Crippen LogP contribution in [0.1, 0.15) is 47.0 Å². The molecule has 1 saturated carbocycles. The van der Waals surface area contributed by atoms with E-state index in [1.165, 1.54) is 0 Å². The Morgan fingerprint density at radius 2 is 1.68 bits per heavy atom. The Morgan fingerprint density at radius 3 is 2.26 bits per heavy atom. The number of hydrogen-bond donors (Lipinski definition) is 3. The maximum absolute atomic E-state index is 12.1. The van der Waals surface area contributed by atoms with Crippen LogP contribution in [0.25, 0.3) is 0 Å². The number of guanidine groups is 1. The maximum Gasteiger partial charge on any atom is 0.410 e. The van der Waals surface area contributed by atoms with Gasteiger partial charge in [-0.25, -0.2) is 4.79 Å². The van der Waals surface area contributed by atoms with Crippen molar-refractivity contribution in [1.82, 2.24) is 25.8 Å². The quantitative estimate of drug-likeness (QED) is 0.174. The molecule has 3 N–H and O–H groups in total. The van der Waals surface area contributed by atoms with Crippen molar-refractivity contribution in [3.05, 3.63) is 0 Å². The fourth-order valence-corrected chi connectivity index (χ4v) is 3.16. The van der Waals surface area contributed by atoms with Crippen LogP contribution < -0.4 is 16.0 Å². The molecule has 0 unspecified atom stereocenters. The summed E-state index contributed by atoms with van der Waals surface area (Å²) in [5.74, 6) is 1.20. The zero-order chi connectivity index (χ0) is 22.0. The molecule has 0 bridgehead atoms. The minimum absolute atomic E-state index is 0. The van der Waals surface area contributed by atoms with Crippen molar-refractivity contribution < 1.29 is 14.3 Å². The van der Waals surface area contributed by atoms with Crippen molar-refractivity contribution in [2.45, 2.75) is 52.6 Å². The predicted molar refractivity (Wildman–Crippen MR) is 134 cm³/mol. The Labute approximate surface area is 204 Å². The van der Waals surface area contributed by atoms with Crippen molar-refractivity contribution in [2.75, 3.05) is 58.9 Å². The summed E-state index contributed by atoms with van der Waals surface area (Å²) in [4.78, 5) is 32.5. The molecular formula is C21H41IN6O3. The van der Waals surface area contributed by atoms with Crippen LogP contribution in [0.2, 0.25) is 0 Å². The molecule has 1 aliphatic carbocycles. The number of nitrogens with zero attached hydrogens (tertiary/aromatic N) is 3. The van der Waals surface area contributed by atoms with Crippen molar-refractivity contribution >= 4 is 41.9 Å². The molecule has 180 valence electrons. The number of carbonyl (C=O) groups excluding carboxylic acids is 2. The fraction of sp³-hybridized carbons (Fsp3) is 0.857. The first-order valence-corrected chi connectivity index (χ1v) is 11.3. The second kappa shape index (κ2) is 14.0. The third kappa shape index (κ3) is 11.8. The average Bonchev–Trinajstić information content (AvgIpc) is 3.52. The molecule has 31 heavy (non-hydrogen) atoms. The van der Waals surface area contributed by atoms with E-state index in [9.17, 15) is 9.59 Å². The van der Waals surface area contributed by atoms with Crippen LogP contribution in [-0.4, -0.2) is 92.3 Å². The largest absolute Gasteiger partial charge is 0.444 e. The molecule has 1 saturated heterocycles. The van der Waals surface area contributed by atoms with E-state index in [0.29, 0.717) is 26.2 Å². The van der Waals surface area contributed by atoms with Gasteiger partial charge < -0.3 is 25.6 Å². The number of halogens is 1. The highest BCUT2D eigenvalue weighted by Gasteiger charge is 2.29. The van der Waals surface area contributed by atoms with Gasteiger partial charge in [-0.2, -0.15) is 0 Å². The number of amides is 2. The second-order valence-corrected chi connectivity index (χ2v) is 8.92. The number of ether oxygens (including phenoxy) is 1. The average molecular weight is 553 g/mol. The number of hydrogen-bond acceptors (Lipinski definition) is 5. The topological polar surface area (TPSA) is 98.3 Å². The van der Waals surface area contributed by atoms with Gasteiger partial charge in [-0.1, -0.05) is 0 Å². The molecule has 0 radical (unpaired) electrons. The number of nitrogens with one attached hydrogen (secondary N) is 3. The van der Waals surface area contributed by atoms with Crippen molar-refractivity contribution in [1.29, 1.82) is 0 Å². The third-order valence-electron chi connectivity index (χ3n) is 4.94. The van der Waals surface area contributed by atoms with Gasteiger partial charge in [0.25, 0.3) is 0 Å². The van der Waals surface area contributed by atoms with Gasteiger partial charge in [-0.3, -0.25) is 14.7 Å². The molecular weight excluding hydrogens is 511 g/mol. The molecule has 1 heterocycles. The molecule has 2 amide bonds. The molecule has 2 rings (SSSR count). The van der Waals surface area contributed by atoms with Gasteiger partial charge in [-0.15, -0.1) is 24.0 Å². The molecule has 0 spiro atoms. The summed E-state index contributed by atoms with van der Waals surface area (Å²) in [7, 11) is 0. The molecule has 2 aliphatic rings. The van der Waals surface area contributed by atoms with E-state index in [0.717, 1.165) is 57.9 Å². The third-order valence-corrected chi connectivity index (χ3v) is 4.94. The minimum Gasteiger partial charge on any atom is -0.444 e. The normalized spacial score (nSPS) is 17.5. The van der Waals surface area contributed by atoms with Crippen LogP contribution in [0.4, 0.5) is 4.79 Å². The summed E-state index contributed by atoms with van der Waals surface area (Å²) in [6.45, 7) is 14.6. The van der Waals surface area contributed by atoms with Crippen LogP contribution in [0.5, 0.6) is 0 Å². The van der Waals surface area contributed by atoms with E-state index in [2.05, 4.69) is 25.8 Å². The van der Waals surface area contributed by atoms with Gasteiger partial charge in [-0.05, 0) is 47.0 Å². The van der Waals surface area contributed by atoms with Gasteiger partial charge in [0.15, 0.2) is 5.96 Å². The van der Waals surface area contributed by atoms with Crippen LogP contribution in [0, 0.1) is 5.92 Å². The van der Waals surface area contributed by atoms with Gasteiger partial charge in [0.1, 0.15) is 5.60 Å². The number of piperazine rings is 1. The summed E-state index contributed by atoms with van der Waals surface area (Å²) < 4.78 is 5.44. The van der Waals surface area contributed by atoms with Crippen molar-refractivity contribution in [3.8, 4) is 0 Å². The van der Waals surface area contributed by atoms with Crippen molar-refractivity contribution in [2.24, 2.45) is 10.9 Å². The molecule has 2 fully saturated rings. The van der Waals surface area contributed by atoms with Gasteiger partial charge in [0.05, 0.1) is 0 Å².